The molecule has 0 aliphatic heterocycles. The molecule has 0 aliphatic rings. The molecule has 0 bridgehead atoms. The maximum absolute atomic E-state index is 12.6. The molecular formula is C19H14Cl4N5O+. The number of hydrogen-bond acceptors (Lipinski definition) is 3. The predicted octanol–water partition coefficient (Wildman–Crippen LogP) is 4.30. The number of hydrogen-bond donors (Lipinski definition) is 2. The third-order valence-corrected chi connectivity index (χ3v) is 5.88. The predicted molar refractivity (Wildman–Crippen MR) is 116 cm³/mol. The van der Waals surface area contributed by atoms with Crippen molar-refractivity contribution in [1.29, 1.82) is 0 Å². The number of anilines is 1. The van der Waals surface area contributed by atoms with E-state index in [9.17, 15) is 4.79 Å². The number of fused-ring (bicyclic) bond motifs is 1. The highest BCUT2D eigenvalue weighted by Crippen LogP contribution is 2.24. The van der Waals surface area contributed by atoms with E-state index in [-0.39, 0.29) is 11.5 Å². The van der Waals surface area contributed by atoms with Gasteiger partial charge in [-0.15, -0.1) is 0 Å². The van der Waals surface area contributed by atoms with Gasteiger partial charge in [-0.2, -0.15) is 4.98 Å². The standard InChI is InChI=1S/C19H13Cl4N5O/c20-12-3-1-10(5-14(12)22)7-27-9-28(8-11-2-4-13(21)15(23)6-11)17-16(27)18(29)26-19(24)25-17/h1-6,9H,7-8H2,(H2-,24,25,26,29)/p+1. The molecule has 0 saturated carbocycles. The van der Waals surface area contributed by atoms with Gasteiger partial charge in [0.25, 0.3) is 11.2 Å². The molecule has 0 unspecified atom stereocenters. The van der Waals surface area contributed by atoms with Crippen molar-refractivity contribution in [3.8, 4) is 0 Å². The Morgan fingerprint density at radius 2 is 1.59 bits per heavy atom. The topological polar surface area (TPSA) is 80.6 Å². The van der Waals surface area contributed by atoms with Crippen molar-refractivity contribution in [3.05, 3.63) is 84.3 Å². The summed E-state index contributed by atoms with van der Waals surface area (Å²) in [6.45, 7) is 0.827. The lowest BCUT2D eigenvalue weighted by Crippen LogP contribution is -2.37. The minimum absolute atomic E-state index is 0.0395. The third-order valence-electron chi connectivity index (χ3n) is 4.41. The Morgan fingerprint density at radius 3 is 2.24 bits per heavy atom. The SMILES string of the molecule is Nc1nc2c(c(=O)[nH]1)[n+](Cc1ccc(Cl)c(Cl)c1)cn2Cc1ccc(Cl)c(Cl)c1. The summed E-state index contributed by atoms with van der Waals surface area (Å²) in [7, 11) is 0. The number of imidazole rings is 1. The van der Waals surface area contributed by atoms with E-state index in [1.54, 1.807) is 35.2 Å². The van der Waals surface area contributed by atoms with Gasteiger partial charge in [-0.1, -0.05) is 58.5 Å². The fourth-order valence-electron chi connectivity index (χ4n) is 3.12. The molecule has 0 fully saturated rings. The lowest BCUT2D eigenvalue weighted by atomic mass is 10.2. The number of nitrogen functional groups attached to an aromatic ring is 1. The smallest absolute Gasteiger partial charge is 0.304 e. The number of aromatic amines is 1. The molecule has 2 aromatic heterocycles. The number of nitrogens with one attached hydrogen (secondary N) is 1. The van der Waals surface area contributed by atoms with Crippen molar-refractivity contribution in [2.45, 2.75) is 13.1 Å². The molecule has 29 heavy (non-hydrogen) atoms. The molecule has 0 amide bonds. The Kier molecular flexibility index (Phi) is 5.44. The van der Waals surface area contributed by atoms with Crippen LogP contribution in [-0.4, -0.2) is 14.5 Å². The zero-order chi connectivity index (χ0) is 20.7. The van der Waals surface area contributed by atoms with Crippen LogP contribution >= 0.6 is 46.4 Å². The number of benzene rings is 2. The van der Waals surface area contributed by atoms with Crippen molar-refractivity contribution in [2.24, 2.45) is 0 Å². The first-order valence-electron chi connectivity index (χ1n) is 8.48. The van der Waals surface area contributed by atoms with Crippen LogP contribution in [0.2, 0.25) is 20.1 Å². The van der Waals surface area contributed by atoms with E-state index in [2.05, 4.69) is 9.97 Å². The molecule has 2 aromatic carbocycles. The van der Waals surface area contributed by atoms with Gasteiger partial charge >= 0.3 is 5.56 Å². The minimum Gasteiger partial charge on any atom is -0.369 e. The number of aromatic nitrogens is 4. The molecule has 0 spiro atoms. The summed E-state index contributed by atoms with van der Waals surface area (Å²) in [5.74, 6) is 0.0395. The fourth-order valence-corrected chi connectivity index (χ4v) is 3.76. The highest BCUT2D eigenvalue weighted by molar-refractivity contribution is 6.42. The summed E-state index contributed by atoms with van der Waals surface area (Å²) < 4.78 is 3.62. The Balaban J connectivity index is 1.81. The molecule has 4 aromatic rings. The molecule has 4 rings (SSSR count). The molecule has 6 nitrogen and oxygen atoms in total. The Bertz CT molecular complexity index is 1300. The van der Waals surface area contributed by atoms with Crippen molar-refractivity contribution >= 4 is 63.5 Å². The first-order chi connectivity index (χ1) is 13.8. The van der Waals surface area contributed by atoms with E-state index in [1.807, 2.05) is 16.7 Å². The average Bonchev–Trinajstić information content (AvgIpc) is 2.98. The third kappa shape index (κ3) is 4.07. The maximum Gasteiger partial charge on any atom is 0.304 e. The number of H-pyrrole nitrogens is 1. The van der Waals surface area contributed by atoms with Crippen molar-refractivity contribution in [2.75, 3.05) is 5.73 Å². The van der Waals surface area contributed by atoms with Crippen LogP contribution in [0.1, 0.15) is 11.1 Å². The van der Waals surface area contributed by atoms with Crippen LogP contribution in [0, 0.1) is 0 Å². The molecule has 0 aliphatic carbocycles. The summed E-state index contributed by atoms with van der Waals surface area (Å²) in [5.41, 5.74) is 8.07. The molecule has 0 radical (unpaired) electrons. The molecule has 2 heterocycles. The second-order valence-corrected chi connectivity index (χ2v) is 8.12. The van der Waals surface area contributed by atoms with Crippen LogP contribution in [-0.2, 0) is 13.1 Å². The van der Waals surface area contributed by atoms with Crippen molar-refractivity contribution in [1.82, 2.24) is 14.5 Å². The summed E-state index contributed by atoms with van der Waals surface area (Å²) in [5, 5.41) is 1.84. The van der Waals surface area contributed by atoms with E-state index < -0.39 is 0 Å². The number of nitrogens with zero attached hydrogens (tertiary/aromatic N) is 3. The Labute approximate surface area is 185 Å². The van der Waals surface area contributed by atoms with E-state index >= 15 is 0 Å². The van der Waals surface area contributed by atoms with Gasteiger partial charge in [0.1, 0.15) is 13.1 Å². The van der Waals surface area contributed by atoms with E-state index in [1.165, 1.54) is 0 Å². The zero-order valence-electron chi connectivity index (χ0n) is 14.8. The summed E-state index contributed by atoms with van der Waals surface area (Å²) in [4.78, 5) is 19.5. The van der Waals surface area contributed by atoms with E-state index in [0.29, 0.717) is 44.3 Å². The fraction of sp³-hybridized carbons (Fsp3) is 0.105. The van der Waals surface area contributed by atoms with Crippen LogP contribution in [0.25, 0.3) is 11.2 Å². The van der Waals surface area contributed by atoms with Crippen LogP contribution in [0.3, 0.4) is 0 Å². The van der Waals surface area contributed by atoms with E-state index in [4.69, 9.17) is 52.1 Å². The van der Waals surface area contributed by atoms with Crippen LogP contribution in [0.4, 0.5) is 5.95 Å². The number of nitrogens with two attached hydrogens (primary N) is 1. The summed E-state index contributed by atoms with van der Waals surface area (Å²) in [6, 6.07) is 10.7. The van der Waals surface area contributed by atoms with Gasteiger partial charge in [0.2, 0.25) is 12.3 Å². The van der Waals surface area contributed by atoms with Gasteiger partial charge < -0.3 is 5.73 Å². The molecular weight excluding hydrogens is 456 g/mol. The Morgan fingerprint density at radius 1 is 0.966 bits per heavy atom. The first kappa shape index (κ1) is 20.0. The van der Waals surface area contributed by atoms with Gasteiger partial charge in [-0.05, 0) is 35.4 Å². The van der Waals surface area contributed by atoms with Crippen LogP contribution < -0.4 is 15.9 Å². The van der Waals surface area contributed by atoms with Gasteiger partial charge in [0.05, 0.1) is 20.1 Å². The van der Waals surface area contributed by atoms with E-state index in [0.717, 1.165) is 11.1 Å². The normalized spacial score (nSPS) is 11.3. The maximum atomic E-state index is 12.6. The summed E-state index contributed by atoms with van der Waals surface area (Å²) in [6.07, 6.45) is 1.80. The zero-order valence-corrected chi connectivity index (χ0v) is 17.8. The lowest BCUT2D eigenvalue weighted by molar-refractivity contribution is -0.663. The van der Waals surface area contributed by atoms with Crippen LogP contribution in [0.15, 0.2) is 47.5 Å². The molecule has 10 heteroatoms. The van der Waals surface area contributed by atoms with Gasteiger partial charge in [-0.25, -0.2) is 9.13 Å². The number of halogens is 4. The largest absolute Gasteiger partial charge is 0.369 e. The average molecular weight is 470 g/mol. The summed E-state index contributed by atoms with van der Waals surface area (Å²) >= 11 is 24.3. The second-order valence-electron chi connectivity index (χ2n) is 6.49. The molecule has 3 N–H and O–H groups in total. The van der Waals surface area contributed by atoms with Crippen molar-refractivity contribution < 1.29 is 4.57 Å². The van der Waals surface area contributed by atoms with Gasteiger partial charge in [-0.3, -0.25) is 9.78 Å². The highest BCUT2D eigenvalue weighted by Gasteiger charge is 2.22. The minimum atomic E-state index is -0.333. The highest BCUT2D eigenvalue weighted by atomic mass is 35.5. The Hall–Kier alpha value is -2.25. The molecule has 0 atom stereocenters. The number of rotatable bonds is 4. The van der Waals surface area contributed by atoms with Crippen LogP contribution in [0.5, 0.6) is 0 Å². The van der Waals surface area contributed by atoms with Crippen molar-refractivity contribution in [3.63, 3.8) is 0 Å². The van der Waals surface area contributed by atoms with Gasteiger partial charge in [0.15, 0.2) is 0 Å². The second kappa shape index (κ2) is 7.88. The first-order valence-corrected chi connectivity index (χ1v) is 9.99. The quantitative estimate of drug-likeness (QED) is 0.437. The monoisotopic (exact) mass is 468 g/mol. The molecule has 148 valence electrons. The molecule has 0 saturated heterocycles. The lowest BCUT2D eigenvalue weighted by Gasteiger charge is -2.01. The van der Waals surface area contributed by atoms with Gasteiger partial charge in [0, 0.05) is 0 Å².